The molecule has 1 aromatic rings. The minimum Gasteiger partial charge on any atom is -0.302 e. The second-order valence-electron chi connectivity index (χ2n) is 2.67. The van der Waals surface area contributed by atoms with E-state index in [9.17, 15) is 4.79 Å². The van der Waals surface area contributed by atoms with Gasteiger partial charge in [0.15, 0.2) is 0 Å². The highest BCUT2D eigenvalue weighted by Crippen LogP contribution is 2.12. The predicted octanol–water partition coefficient (Wildman–Crippen LogP) is 2.43. The Kier molecular flexibility index (Phi) is 3.88. The maximum Gasteiger partial charge on any atom is 0.129 e. The van der Waals surface area contributed by atoms with Crippen molar-refractivity contribution in [3.8, 4) is 0 Å². The Labute approximate surface area is 77.2 Å². The first kappa shape index (κ1) is 9.33. The molecule has 0 aliphatic rings. The van der Waals surface area contributed by atoms with Gasteiger partial charge in [-0.25, -0.2) is 0 Å². The summed E-state index contributed by atoms with van der Waals surface area (Å²) in [4.78, 5) is 10.0. The van der Waals surface area contributed by atoms with Crippen molar-refractivity contribution in [2.75, 3.05) is 5.75 Å². The summed E-state index contributed by atoms with van der Waals surface area (Å²) in [5, 5.41) is 0. The summed E-state index contributed by atoms with van der Waals surface area (Å²) in [6.45, 7) is 2.08. The lowest BCUT2D eigenvalue weighted by Crippen LogP contribution is -1.84. The first-order valence-corrected chi connectivity index (χ1v) is 5.05. The van der Waals surface area contributed by atoms with Crippen molar-refractivity contribution in [3.05, 3.63) is 35.4 Å². The Bertz CT molecular complexity index is 258. The fraction of sp³-hybridized carbons (Fsp3) is 0.300. The van der Waals surface area contributed by atoms with E-state index in [-0.39, 0.29) is 0 Å². The minimum absolute atomic E-state index is 0.591. The molecule has 0 atom stereocenters. The maximum atomic E-state index is 10.0. The zero-order chi connectivity index (χ0) is 8.81. The second-order valence-corrected chi connectivity index (χ2v) is 3.70. The number of aldehydes is 1. The van der Waals surface area contributed by atoms with E-state index in [0.29, 0.717) is 5.75 Å². The van der Waals surface area contributed by atoms with E-state index in [1.165, 1.54) is 11.1 Å². The highest BCUT2D eigenvalue weighted by molar-refractivity contribution is 7.99. The standard InChI is InChI=1S/C10H12OS/c1-9-3-2-4-10(7-9)8-12-6-5-11/h2-5,7H,6,8H2,1H3. The van der Waals surface area contributed by atoms with Crippen LogP contribution in [0.25, 0.3) is 0 Å². The highest BCUT2D eigenvalue weighted by Gasteiger charge is 1.92. The Morgan fingerprint density at radius 3 is 3.00 bits per heavy atom. The lowest BCUT2D eigenvalue weighted by molar-refractivity contribution is -0.105. The third-order valence-electron chi connectivity index (χ3n) is 1.54. The average molecular weight is 180 g/mol. The molecule has 0 amide bonds. The van der Waals surface area contributed by atoms with Gasteiger partial charge in [-0.15, -0.1) is 11.8 Å². The van der Waals surface area contributed by atoms with Crippen LogP contribution < -0.4 is 0 Å². The minimum atomic E-state index is 0.591. The number of hydrogen-bond donors (Lipinski definition) is 0. The molecule has 0 radical (unpaired) electrons. The third-order valence-corrected chi connectivity index (χ3v) is 2.45. The van der Waals surface area contributed by atoms with E-state index in [4.69, 9.17) is 0 Å². The lowest BCUT2D eigenvalue weighted by Gasteiger charge is -1.99. The predicted molar refractivity (Wildman–Crippen MR) is 53.4 cm³/mol. The van der Waals surface area contributed by atoms with Crippen LogP contribution in [0.15, 0.2) is 24.3 Å². The van der Waals surface area contributed by atoms with Crippen LogP contribution in [0.5, 0.6) is 0 Å². The van der Waals surface area contributed by atoms with Crippen LogP contribution in [0.3, 0.4) is 0 Å². The molecule has 0 N–H and O–H groups in total. The monoisotopic (exact) mass is 180 g/mol. The topological polar surface area (TPSA) is 17.1 Å². The smallest absolute Gasteiger partial charge is 0.129 e. The highest BCUT2D eigenvalue weighted by atomic mass is 32.2. The van der Waals surface area contributed by atoms with Crippen molar-refractivity contribution in [1.82, 2.24) is 0 Å². The van der Waals surface area contributed by atoms with Gasteiger partial charge >= 0.3 is 0 Å². The molecule has 2 heteroatoms. The summed E-state index contributed by atoms with van der Waals surface area (Å²) in [5.74, 6) is 1.52. The maximum absolute atomic E-state index is 10.0. The summed E-state index contributed by atoms with van der Waals surface area (Å²) < 4.78 is 0. The molecule has 0 aliphatic heterocycles. The number of benzene rings is 1. The van der Waals surface area contributed by atoms with Crippen molar-refractivity contribution >= 4 is 18.0 Å². The molecule has 0 bridgehead atoms. The average Bonchev–Trinajstić information content (AvgIpc) is 2.05. The third kappa shape index (κ3) is 3.09. The zero-order valence-corrected chi connectivity index (χ0v) is 7.93. The number of thioether (sulfide) groups is 1. The van der Waals surface area contributed by atoms with Gasteiger partial charge in [0, 0.05) is 11.5 Å². The van der Waals surface area contributed by atoms with Gasteiger partial charge in [-0.3, -0.25) is 0 Å². The van der Waals surface area contributed by atoms with Gasteiger partial charge in [0.2, 0.25) is 0 Å². The number of hydrogen-bond acceptors (Lipinski definition) is 2. The van der Waals surface area contributed by atoms with Crippen LogP contribution in [0.1, 0.15) is 11.1 Å². The van der Waals surface area contributed by atoms with Gasteiger partial charge in [-0.1, -0.05) is 29.8 Å². The molecular weight excluding hydrogens is 168 g/mol. The summed E-state index contributed by atoms with van der Waals surface area (Å²) in [7, 11) is 0. The van der Waals surface area contributed by atoms with E-state index < -0.39 is 0 Å². The Hall–Kier alpha value is -0.760. The van der Waals surface area contributed by atoms with Crippen LogP contribution >= 0.6 is 11.8 Å². The fourth-order valence-corrected chi connectivity index (χ4v) is 1.66. The van der Waals surface area contributed by atoms with Gasteiger partial charge < -0.3 is 4.79 Å². The molecule has 0 heterocycles. The van der Waals surface area contributed by atoms with Crippen molar-refractivity contribution in [2.24, 2.45) is 0 Å². The van der Waals surface area contributed by atoms with Crippen molar-refractivity contribution in [3.63, 3.8) is 0 Å². The van der Waals surface area contributed by atoms with E-state index >= 15 is 0 Å². The van der Waals surface area contributed by atoms with Crippen LogP contribution in [0.2, 0.25) is 0 Å². The molecular formula is C10H12OS. The van der Waals surface area contributed by atoms with Gasteiger partial charge in [0.05, 0.1) is 0 Å². The van der Waals surface area contributed by atoms with E-state index in [1.807, 2.05) is 6.07 Å². The molecule has 0 saturated heterocycles. The molecule has 64 valence electrons. The van der Waals surface area contributed by atoms with Crippen LogP contribution in [-0.4, -0.2) is 12.0 Å². The van der Waals surface area contributed by atoms with Crippen molar-refractivity contribution in [1.29, 1.82) is 0 Å². The normalized spacial score (nSPS) is 9.75. The molecule has 0 aliphatic carbocycles. The molecule has 1 nitrogen and oxygen atoms in total. The quantitative estimate of drug-likeness (QED) is 0.523. The number of carbonyl (C=O) groups is 1. The molecule has 1 rings (SSSR count). The zero-order valence-electron chi connectivity index (χ0n) is 7.12. The van der Waals surface area contributed by atoms with Gasteiger partial charge in [-0.2, -0.15) is 0 Å². The van der Waals surface area contributed by atoms with Gasteiger partial charge in [0.25, 0.3) is 0 Å². The Balaban J connectivity index is 2.46. The molecule has 0 spiro atoms. The number of carbonyl (C=O) groups excluding carboxylic acids is 1. The molecule has 0 unspecified atom stereocenters. The van der Waals surface area contributed by atoms with Crippen LogP contribution in [-0.2, 0) is 10.5 Å². The second kappa shape index (κ2) is 4.99. The number of rotatable bonds is 4. The summed E-state index contributed by atoms with van der Waals surface area (Å²) in [5.41, 5.74) is 2.57. The largest absolute Gasteiger partial charge is 0.302 e. The number of aryl methyl sites for hydroxylation is 1. The van der Waals surface area contributed by atoms with Crippen LogP contribution in [0.4, 0.5) is 0 Å². The SMILES string of the molecule is Cc1cccc(CSCC=O)c1. The van der Waals surface area contributed by atoms with Crippen molar-refractivity contribution < 1.29 is 4.79 Å². The molecule has 0 aromatic heterocycles. The molecule has 1 aromatic carbocycles. The molecule has 0 saturated carbocycles. The fourth-order valence-electron chi connectivity index (χ4n) is 1.03. The van der Waals surface area contributed by atoms with Gasteiger partial charge in [0.1, 0.15) is 6.29 Å². The Morgan fingerprint density at radius 1 is 1.50 bits per heavy atom. The molecule has 12 heavy (non-hydrogen) atoms. The van der Waals surface area contributed by atoms with E-state index in [2.05, 4.69) is 25.1 Å². The first-order valence-electron chi connectivity index (χ1n) is 3.90. The van der Waals surface area contributed by atoms with E-state index in [0.717, 1.165) is 12.0 Å². The summed E-state index contributed by atoms with van der Waals surface area (Å²) in [6, 6.07) is 8.36. The van der Waals surface area contributed by atoms with E-state index in [1.54, 1.807) is 11.8 Å². The summed E-state index contributed by atoms with van der Waals surface area (Å²) in [6.07, 6.45) is 0.945. The lowest BCUT2D eigenvalue weighted by atomic mass is 10.2. The van der Waals surface area contributed by atoms with Gasteiger partial charge in [-0.05, 0) is 12.5 Å². The van der Waals surface area contributed by atoms with Crippen LogP contribution in [0, 0.1) is 6.92 Å². The molecule has 0 fully saturated rings. The van der Waals surface area contributed by atoms with Crippen molar-refractivity contribution in [2.45, 2.75) is 12.7 Å². The Morgan fingerprint density at radius 2 is 2.33 bits per heavy atom. The summed E-state index contributed by atoms with van der Waals surface area (Å²) >= 11 is 1.65. The first-order chi connectivity index (χ1) is 5.83.